The first kappa shape index (κ1) is 21.0. The summed E-state index contributed by atoms with van der Waals surface area (Å²) in [5, 5.41) is -0.218. The second kappa shape index (κ2) is 9.17. The minimum Gasteiger partial charge on any atom is -0.497 e. The molecule has 0 saturated carbocycles. The lowest BCUT2D eigenvalue weighted by atomic mass is 10.1. The molecule has 1 aliphatic heterocycles. The number of ether oxygens (including phenoxy) is 5. The van der Waals surface area contributed by atoms with Gasteiger partial charge >= 0.3 is 0 Å². The van der Waals surface area contributed by atoms with E-state index in [1.165, 1.54) is 0 Å². The van der Waals surface area contributed by atoms with Gasteiger partial charge in [0.15, 0.2) is 11.5 Å². The maximum Gasteiger partial charge on any atom is 0.234 e. The third kappa shape index (κ3) is 4.03. The molecule has 8 heteroatoms. The van der Waals surface area contributed by atoms with E-state index >= 15 is 0 Å². The molecule has 0 aliphatic carbocycles. The molecule has 1 aliphatic rings. The van der Waals surface area contributed by atoms with Crippen molar-refractivity contribution in [3.63, 3.8) is 0 Å². The number of hydrogen-bond donors (Lipinski definition) is 0. The van der Waals surface area contributed by atoms with E-state index in [0.717, 1.165) is 11.1 Å². The summed E-state index contributed by atoms with van der Waals surface area (Å²) in [5.41, 5.74) is 1.75. The third-order valence-corrected chi connectivity index (χ3v) is 6.04. The summed E-state index contributed by atoms with van der Waals surface area (Å²) < 4.78 is 27.3. The average Bonchev–Trinajstić information content (AvgIpc) is 3.12. The lowest BCUT2D eigenvalue weighted by molar-refractivity contribution is -0.128. The molecule has 2 aromatic rings. The van der Waals surface area contributed by atoms with E-state index in [9.17, 15) is 4.79 Å². The molecule has 1 fully saturated rings. The van der Waals surface area contributed by atoms with Crippen molar-refractivity contribution in [3.8, 4) is 28.7 Å². The number of methoxy groups -OCH3 is 5. The molecule has 0 spiro atoms. The van der Waals surface area contributed by atoms with Gasteiger partial charge in [-0.3, -0.25) is 4.79 Å². The highest BCUT2D eigenvalue weighted by Gasteiger charge is 2.36. The van der Waals surface area contributed by atoms with Gasteiger partial charge in [-0.1, -0.05) is 0 Å². The molecule has 0 radical (unpaired) electrons. The molecular weight excluding hydrogens is 394 g/mol. The van der Waals surface area contributed by atoms with Crippen molar-refractivity contribution >= 4 is 17.7 Å². The van der Waals surface area contributed by atoms with Crippen LogP contribution in [0, 0.1) is 0 Å². The van der Waals surface area contributed by atoms with Crippen LogP contribution < -0.4 is 23.7 Å². The second-order valence-electron chi connectivity index (χ2n) is 6.29. The summed E-state index contributed by atoms with van der Waals surface area (Å²) in [7, 11) is 7.94. The van der Waals surface area contributed by atoms with E-state index < -0.39 is 0 Å². The van der Waals surface area contributed by atoms with Gasteiger partial charge in [-0.25, -0.2) is 0 Å². The van der Waals surface area contributed by atoms with Crippen LogP contribution in [0.4, 0.5) is 0 Å². The molecule has 156 valence electrons. The highest BCUT2D eigenvalue weighted by Crippen LogP contribution is 2.49. The van der Waals surface area contributed by atoms with Crippen molar-refractivity contribution in [2.24, 2.45) is 0 Å². The van der Waals surface area contributed by atoms with Crippen molar-refractivity contribution in [1.29, 1.82) is 0 Å². The second-order valence-corrected chi connectivity index (χ2v) is 7.35. The summed E-state index contributed by atoms with van der Waals surface area (Å²) in [5.74, 6) is 3.46. The molecule has 1 atom stereocenters. The number of hydrogen-bond acceptors (Lipinski definition) is 7. The number of amides is 1. The highest BCUT2D eigenvalue weighted by molar-refractivity contribution is 8.00. The maximum atomic E-state index is 12.7. The Bertz CT molecular complexity index is 888. The first-order chi connectivity index (χ1) is 14.1. The fourth-order valence-electron chi connectivity index (χ4n) is 3.37. The Hall–Kier alpha value is -2.74. The number of rotatable bonds is 8. The Kier molecular flexibility index (Phi) is 6.64. The number of carbonyl (C=O) groups excluding carboxylic acids is 1. The zero-order valence-corrected chi connectivity index (χ0v) is 18.0. The molecule has 0 aromatic heterocycles. The van der Waals surface area contributed by atoms with Gasteiger partial charge in [-0.15, -0.1) is 11.8 Å². The molecule has 1 saturated heterocycles. The Morgan fingerprint density at radius 2 is 1.62 bits per heavy atom. The maximum absolute atomic E-state index is 12.7. The molecule has 29 heavy (non-hydrogen) atoms. The molecule has 7 nitrogen and oxygen atoms in total. The minimum absolute atomic E-state index is 0.0507. The van der Waals surface area contributed by atoms with Crippen molar-refractivity contribution in [3.05, 3.63) is 41.5 Å². The lowest BCUT2D eigenvalue weighted by Crippen LogP contribution is -2.28. The van der Waals surface area contributed by atoms with E-state index in [-0.39, 0.29) is 11.3 Å². The van der Waals surface area contributed by atoms with E-state index in [2.05, 4.69) is 0 Å². The monoisotopic (exact) mass is 419 g/mol. The largest absolute Gasteiger partial charge is 0.497 e. The topological polar surface area (TPSA) is 66.5 Å². The van der Waals surface area contributed by atoms with Crippen LogP contribution in [0.2, 0.25) is 0 Å². The van der Waals surface area contributed by atoms with E-state index in [1.54, 1.807) is 47.3 Å². The van der Waals surface area contributed by atoms with Gasteiger partial charge in [0.25, 0.3) is 0 Å². The molecule has 1 heterocycles. The number of nitrogens with zero attached hydrogens (tertiary/aromatic N) is 1. The van der Waals surface area contributed by atoms with E-state index in [4.69, 9.17) is 23.7 Å². The van der Waals surface area contributed by atoms with Gasteiger partial charge in [0, 0.05) is 17.2 Å². The Balaban J connectivity index is 1.98. The van der Waals surface area contributed by atoms with Crippen LogP contribution in [0.5, 0.6) is 28.7 Å². The van der Waals surface area contributed by atoms with Gasteiger partial charge in [-0.05, 0) is 24.3 Å². The quantitative estimate of drug-likeness (QED) is 0.649. The number of thioether (sulfide) groups is 1. The van der Waals surface area contributed by atoms with Crippen LogP contribution in [0.3, 0.4) is 0 Å². The lowest BCUT2D eigenvalue weighted by Gasteiger charge is -2.27. The predicted molar refractivity (Wildman–Crippen MR) is 111 cm³/mol. The summed E-state index contributed by atoms with van der Waals surface area (Å²) in [6.45, 7) is 0.404. The first-order valence-corrected chi connectivity index (χ1v) is 10.0. The SMILES string of the molecule is COc1ccc(CN2C(=O)CSC2c2ccc(OC)c(OC)c2OC)c(OC)c1. The first-order valence-electron chi connectivity index (χ1n) is 8.98. The van der Waals surface area contributed by atoms with Crippen molar-refractivity contribution in [2.45, 2.75) is 11.9 Å². The average molecular weight is 419 g/mol. The van der Waals surface area contributed by atoms with Gasteiger partial charge in [0.2, 0.25) is 11.7 Å². The summed E-state index contributed by atoms with van der Waals surface area (Å²) in [4.78, 5) is 14.5. The van der Waals surface area contributed by atoms with Gasteiger partial charge in [0.1, 0.15) is 16.9 Å². The van der Waals surface area contributed by atoms with Crippen LogP contribution in [0.25, 0.3) is 0 Å². The van der Waals surface area contributed by atoms with E-state index in [1.807, 2.05) is 35.2 Å². The molecule has 2 aromatic carbocycles. The normalized spacial score (nSPS) is 16.0. The minimum atomic E-state index is -0.218. The molecule has 1 unspecified atom stereocenters. The highest BCUT2D eigenvalue weighted by atomic mass is 32.2. The van der Waals surface area contributed by atoms with Crippen molar-refractivity contribution < 1.29 is 28.5 Å². The van der Waals surface area contributed by atoms with E-state index in [0.29, 0.717) is 41.0 Å². The molecule has 0 N–H and O–H groups in total. The Labute approximate surface area is 174 Å². The summed E-state index contributed by atoms with van der Waals surface area (Å²) >= 11 is 1.55. The van der Waals surface area contributed by atoms with Crippen molar-refractivity contribution in [1.82, 2.24) is 4.90 Å². The van der Waals surface area contributed by atoms with Crippen LogP contribution >= 0.6 is 11.8 Å². The Morgan fingerprint density at radius 1 is 0.897 bits per heavy atom. The zero-order chi connectivity index (χ0) is 21.0. The predicted octanol–water partition coefficient (Wildman–Crippen LogP) is 3.50. The van der Waals surface area contributed by atoms with Crippen LogP contribution in [-0.2, 0) is 11.3 Å². The number of carbonyl (C=O) groups is 1. The summed E-state index contributed by atoms with van der Waals surface area (Å²) in [6, 6.07) is 9.32. The number of benzene rings is 2. The van der Waals surface area contributed by atoms with Crippen molar-refractivity contribution in [2.75, 3.05) is 41.3 Å². The smallest absolute Gasteiger partial charge is 0.234 e. The Morgan fingerprint density at radius 3 is 2.24 bits per heavy atom. The molecular formula is C21H25NO6S. The molecule has 1 amide bonds. The molecule has 3 rings (SSSR count). The van der Waals surface area contributed by atoms with Gasteiger partial charge < -0.3 is 28.6 Å². The zero-order valence-electron chi connectivity index (χ0n) is 17.2. The van der Waals surface area contributed by atoms with Gasteiger partial charge in [0.05, 0.1) is 47.8 Å². The standard InChI is InChI=1S/C21H25NO6S/c1-24-14-7-6-13(17(10-14)26-3)11-22-18(23)12-29-21(22)15-8-9-16(25-2)20(28-5)19(15)27-4/h6-10,21H,11-12H2,1-5H3. The van der Waals surface area contributed by atoms with Crippen LogP contribution in [0.1, 0.15) is 16.5 Å². The van der Waals surface area contributed by atoms with Gasteiger partial charge in [-0.2, -0.15) is 0 Å². The van der Waals surface area contributed by atoms with Crippen LogP contribution in [-0.4, -0.2) is 52.1 Å². The fourth-order valence-corrected chi connectivity index (χ4v) is 4.57. The summed E-state index contributed by atoms with van der Waals surface area (Å²) in [6.07, 6.45) is 0. The van der Waals surface area contributed by atoms with Crippen LogP contribution in [0.15, 0.2) is 30.3 Å². The third-order valence-electron chi connectivity index (χ3n) is 4.80. The molecule has 0 bridgehead atoms. The fraction of sp³-hybridized carbons (Fsp3) is 0.381.